The molecule has 2 amide bonds. The van der Waals surface area contributed by atoms with Crippen molar-refractivity contribution in [1.29, 1.82) is 0 Å². The number of hydrogen-bond donors (Lipinski definition) is 3. The van der Waals surface area contributed by atoms with Gasteiger partial charge >= 0.3 is 5.97 Å². The number of ether oxygens (including phenoxy) is 1. The molecule has 4 rings (SSSR count). The fourth-order valence-corrected chi connectivity index (χ4v) is 5.55. The number of amides is 2. The molecule has 0 bridgehead atoms. The van der Waals surface area contributed by atoms with Crippen LogP contribution in [0.3, 0.4) is 0 Å². The van der Waals surface area contributed by atoms with Crippen LogP contribution in [0, 0.1) is 11.8 Å². The monoisotopic (exact) mass is 509 g/mol. The molecule has 1 heterocycles. The van der Waals surface area contributed by atoms with Crippen molar-refractivity contribution in [2.75, 3.05) is 17.9 Å². The summed E-state index contributed by atoms with van der Waals surface area (Å²) in [4.78, 5) is 39.6. The van der Waals surface area contributed by atoms with E-state index < -0.39 is 30.0 Å². The molecule has 2 aliphatic rings. The fraction of sp³-hybridized carbons (Fsp3) is 0.370. The molecule has 3 N–H and O–H groups in total. The van der Waals surface area contributed by atoms with Gasteiger partial charge < -0.3 is 24.8 Å². The standard InChI is InChI=1S/C27H31N3O5S/c1-18(17-36-29-21-9-5-3-6-10-21)25-27(19(2)20-13-14-20,26(34)30(25)15-24(32)33)28-23(31)16-35-22-11-7-4-8-12-22/h3-12,17,19-20,25,29H,13-16H2,1-2H3,(H,28,31)(H,32,33). The number of aliphatic carboxylic acids is 1. The molecule has 3 atom stereocenters. The molecule has 1 saturated heterocycles. The van der Waals surface area contributed by atoms with Crippen LogP contribution < -0.4 is 14.8 Å². The highest BCUT2D eigenvalue weighted by atomic mass is 32.2. The lowest BCUT2D eigenvalue weighted by Crippen LogP contribution is -2.83. The van der Waals surface area contributed by atoms with Gasteiger partial charge in [0.1, 0.15) is 17.8 Å². The number of para-hydroxylation sites is 2. The highest BCUT2D eigenvalue weighted by molar-refractivity contribution is 8.03. The zero-order valence-electron chi connectivity index (χ0n) is 20.3. The Hall–Kier alpha value is -3.46. The van der Waals surface area contributed by atoms with Crippen molar-refractivity contribution in [3.8, 4) is 5.75 Å². The van der Waals surface area contributed by atoms with Gasteiger partial charge in [-0.2, -0.15) is 0 Å². The summed E-state index contributed by atoms with van der Waals surface area (Å²) >= 11 is 1.34. The van der Waals surface area contributed by atoms with Crippen LogP contribution in [0.25, 0.3) is 0 Å². The number of carbonyl (C=O) groups excluding carboxylic acids is 2. The number of hydrogen-bond acceptors (Lipinski definition) is 6. The second-order valence-electron chi connectivity index (χ2n) is 9.32. The SMILES string of the molecule is CC(=CSNc1ccccc1)C1N(CC(=O)O)C(=O)C1(NC(=O)COc1ccccc1)C(C)C1CC1. The van der Waals surface area contributed by atoms with E-state index >= 15 is 0 Å². The highest BCUT2D eigenvalue weighted by Gasteiger charge is 2.66. The lowest BCUT2D eigenvalue weighted by molar-refractivity contribution is -0.173. The fourth-order valence-electron chi connectivity index (χ4n) is 4.91. The molecule has 0 spiro atoms. The third-order valence-electron chi connectivity index (χ3n) is 6.80. The smallest absolute Gasteiger partial charge is 0.323 e. The zero-order chi connectivity index (χ0) is 25.7. The van der Waals surface area contributed by atoms with Crippen molar-refractivity contribution < 1.29 is 24.2 Å². The van der Waals surface area contributed by atoms with Crippen molar-refractivity contribution in [1.82, 2.24) is 10.2 Å². The van der Waals surface area contributed by atoms with Crippen LogP contribution in [0.15, 0.2) is 71.6 Å². The molecule has 2 aromatic carbocycles. The minimum Gasteiger partial charge on any atom is -0.484 e. The highest BCUT2D eigenvalue weighted by Crippen LogP contribution is 2.50. The van der Waals surface area contributed by atoms with Crippen molar-refractivity contribution >= 4 is 35.4 Å². The van der Waals surface area contributed by atoms with Crippen molar-refractivity contribution in [2.24, 2.45) is 11.8 Å². The average molecular weight is 510 g/mol. The number of likely N-dealkylation sites (tertiary alicyclic amines) is 1. The molecule has 8 nitrogen and oxygen atoms in total. The lowest BCUT2D eigenvalue weighted by Gasteiger charge is -2.59. The molecule has 9 heteroatoms. The van der Waals surface area contributed by atoms with Crippen molar-refractivity contribution in [3.63, 3.8) is 0 Å². The molecule has 1 saturated carbocycles. The summed E-state index contributed by atoms with van der Waals surface area (Å²) in [5, 5.41) is 14.3. The Morgan fingerprint density at radius 1 is 1.17 bits per heavy atom. The number of β-lactam (4-membered cyclic amide) rings is 1. The number of anilines is 1. The third kappa shape index (κ3) is 5.51. The van der Waals surface area contributed by atoms with Crippen LogP contribution in [0.4, 0.5) is 5.69 Å². The van der Waals surface area contributed by atoms with Gasteiger partial charge in [0, 0.05) is 5.69 Å². The van der Waals surface area contributed by atoms with Crippen molar-refractivity contribution in [2.45, 2.75) is 38.3 Å². The predicted octanol–water partition coefficient (Wildman–Crippen LogP) is 3.93. The number of carboxylic acid groups (broad SMARTS) is 1. The molecule has 190 valence electrons. The summed E-state index contributed by atoms with van der Waals surface area (Å²) in [6, 6.07) is 18.1. The number of nitrogens with one attached hydrogen (secondary N) is 2. The average Bonchev–Trinajstić information content (AvgIpc) is 3.72. The van der Waals surface area contributed by atoms with Gasteiger partial charge in [0.25, 0.3) is 11.8 Å². The van der Waals surface area contributed by atoms with E-state index in [4.69, 9.17) is 4.74 Å². The first-order chi connectivity index (χ1) is 17.3. The van der Waals surface area contributed by atoms with Crippen LogP contribution in [0.1, 0.15) is 26.7 Å². The molecule has 36 heavy (non-hydrogen) atoms. The first-order valence-electron chi connectivity index (χ1n) is 12.0. The minimum atomic E-state index is -1.22. The van der Waals surface area contributed by atoms with E-state index in [9.17, 15) is 19.5 Å². The van der Waals surface area contributed by atoms with E-state index in [2.05, 4.69) is 10.0 Å². The van der Waals surface area contributed by atoms with Gasteiger partial charge in [0.05, 0.1) is 6.04 Å². The molecule has 0 radical (unpaired) electrons. The Morgan fingerprint density at radius 2 is 1.81 bits per heavy atom. The maximum atomic E-state index is 13.6. The van der Waals surface area contributed by atoms with E-state index in [1.165, 1.54) is 16.8 Å². The molecule has 0 aromatic heterocycles. The van der Waals surface area contributed by atoms with Gasteiger partial charge in [-0.25, -0.2) is 0 Å². The van der Waals surface area contributed by atoms with Crippen molar-refractivity contribution in [3.05, 3.63) is 71.6 Å². The van der Waals surface area contributed by atoms with E-state index in [1.807, 2.05) is 67.8 Å². The second-order valence-corrected chi connectivity index (χ2v) is 10.00. The number of benzene rings is 2. The molecule has 2 fully saturated rings. The van der Waals surface area contributed by atoms with Gasteiger partial charge in [0.15, 0.2) is 6.61 Å². The van der Waals surface area contributed by atoms with Gasteiger partial charge in [-0.15, -0.1) is 0 Å². The summed E-state index contributed by atoms with van der Waals surface area (Å²) in [6.45, 7) is 3.17. The van der Waals surface area contributed by atoms with E-state index in [0.29, 0.717) is 11.7 Å². The summed E-state index contributed by atoms with van der Waals surface area (Å²) in [7, 11) is 0. The molecule has 1 aliphatic heterocycles. The zero-order valence-corrected chi connectivity index (χ0v) is 21.2. The van der Waals surface area contributed by atoms with E-state index in [1.54, 1.807) is 12.1 Å². The Kier molecular flexibility index (Phi) is 7.88. The summed E-state index contributed by atoms with van der Waals surface area (Å²) < 4.78 is 8.84. The Balaban J connectivity index is 1.56. The summed E-state index contributed by atoms with van der Waals surface area (Å²) in [6.07, 6.45) is 1.95. The van der Waals surface area contributed by atoms with Crippen LogP contribution >= 0.6 is 11.9 Å². The van der Waals surface area contributed by atoms with Crippen LogP contribution in [0.2, 0.25) is 0 Å². The van der Waals surface area contributed by atoms with Gasteiger partial charge in [0.2, 0.25) is 0 Å². The number of carboxylic acids is 1. The largest absolute Gasteiger partial charge is 0.484 e. The number of carbonyl (C=O) groups is 3. The van der Waals surface area contributed by atoms with E-state index in [0.717, 1.165) is 24.1 Å². The summed E-state index contributed by atoms with van der Waals surface area (Å²) in [5.41, 5.74) is 0.491. The molecule has 1 aliphatic carbocycles. The molecule has 2 aromatic rings. The number of nitrogens with zero attached hydrogens (tertiary/aromatic N) is 1. The maximum absolute atomic E-state index is 13.6. The first-order valence-corrected chi connectivity index (χ1v) is 12.9. The summed E-state index contributed by atoms with van der Waals surface area (Å²) in [5.74, 6) is -1.18. The Labute approximate surface area is 215 Å². The lowest BCUT2D eigenvalue weighted by atomic mass is 9.66. The topological polar surface area (TPSA) is 108 Å². The van der Waals surface area contributed by atoms with Crippen LogP contribution in [-0.4, -0.2) is 52.5 Å². The Morgan fingerprint density at radius 3 is 2.42 bits per heavy atom. The van der Waals surface area contributed by atoms with Crippen LogP contribution in [0.5, 0.6) is 5.75 Å². The van der Waals surface area contributed by atoms with Gasteiger partial charge in [-0.05, 0) is 78.8 Å². The molecule has 3 unspecified atom stereocenters. The van der Waals surface area contributed by atoms with Gasteiger partial charge in [-0.3, -0.25) is 14.4 Å². The Bertz CT molecular complexity index is 1120. The van der Waals surface area contributed by atoms with Gasteiger partial charge in [-0.1, -0.05) is 43.3 Å². The normalized spacial score (nSPS) is 22.4. The first kappa shape index (κ1) is 25.6. The van der Waals surface area contributed by atoms with Crippen LogP contribution in [-0.2, 0) is 14.4 Å². The van der Waals surface area contributed by atoms with E-state index in [-0.39, 0.29) is 18.4 Å². The molecular weight excluding hydrogens is 478 g/mol. The minimum absolute atomic E-state index is 0.156. The maximum Gasteiger partial charge on any atom is 0.323 e. The quantitative estimate of drug-likeness (QED) is 0.294. The molecular formula is C27H31N3O5S. The third-order valence-corrected chi connectivity index (χ3v) is 7.64. The predicted molar refractivity (Wildman–Crippen MR) is 139 cm³/mol. The number of rotatable bonds is 12. The second kappa shape index (κ2) is 11.1.